The second-order valence-corrected chi connectivity index (χ2v) is 12.3. The highest BCUT2D eigenvalue weighted by molar-refractivity contribution is 6.31. The molecule has 2 N–H and O–H groups in total. The van der Waals surface area contributed by atoms with Crippen LogP contribution in [-0.2, 0) is 23.5 Å². The van der Waals surface area contributed by atoms with Gasteiger partial charge in [-0.1, -0.05) is 48.0 Å². The molecule has 2 heterocycles. The molecular weight excluding hydrogens is 618 g/mol. The molecule has 1 spiro atoms. The van der Waals surface area contributed by atoms with Crippen LogP contribution in [0, 0.1) is 13.8 Å². The van der Waals surface area contributed by atoms with Crippen LogP contribution in [0.5, 0.6) is 28.7 Å². The molecule has 236 valence electrons. The zero-order valence-corrected chi connectivity index (χ0v) is 26.6. The van der Waals surface area contributed by atoms with Gasteiger partial charge in [-0.25, -0.2) is 4.79 Å². The fraction of sp³-hybridized carbons (Fsp3) is 0.158. The summed E-state index contributed by atoms with van der Waals surface area (Å²) in [6.07, 6.45) is 0. The maximum absolute atomic E-state index is 13.7. The molecule has 2 aliphatic rings. The highest BCUT2D eigenvalue weighted by atomic mass is 35.5. The van der Waals surface area contributed by atoms with Gasteiger partial charge < -0.3 is 29.3 Å². The highest BCUT2D eigenvalue weighted by Crippen LogP contribution is 2.57. The zero-order chi connectivity index (χ0) is 33.0. The lowest BCUT2D eigenvalue weighted by Gasteiger charge is -2.36. The second-order valence-electron chi connectivity index (χ2n) is 11.9. The van der Waals surface area contributed by atoms with Crippen LogP contribution < -0.4 is 9.47 Å². The lowest BCUT2D eigenvalue weighted by Crippen LogP contribution is -2.33. The first-order chi connectivity index (χ1) is 22.5. The molecule has 2 aliphatic heterocycles. The topological polar surface area (TPSA) is 106 Å². The van der Waals surface area contributed by atoms with E-state index in [1.807, 2.05) is 50.2 Å². The summed E-state index contributed by atoms with van der Waals surface area (Å²) < 4.78 is 18.3. The largest absolute Gasteiger partial charge is 0.508 e. The fourth-order valence-corrected chi connectivity index (χ4v) is 6.72. The number of carbonyl (C=O) groups excluding carboxylic acids is 2. The number of fused-ring (bicyclic) bond motifs is 6. The summed E-state index contributed by atoms with van der Waals surface area (Å²) in [6, 6.07) is 25.7. The Bertz CT molecular complexity index is 2030. The van der Waals surface area contributed by atoms with Gasteiger partial charge in [-0.3, -0.25) is 4.79 Å². The van der Waals surface area contributed by atoms with Crippen LogP contribution in [0.25, 0.3) is 0 Å². The minimum Gasteiger partial charge on any atom is -0.508 e. The molecule has 8 nitrogen and oxygen atoms in total. The van der Waals surface area contributed by atoms with Crippen molar-refractivity contribution in [3.8, 4) is 28.7 Å². The predicted octanol–water partition coefficient (Wildman–Crippen LogP) is 7.79. The number of aromatic hydroxyl groups is 2. The van der Waals surface area contributed by atoms with Gasteiger partial charge in [-0.15, -0.1) is 0 Å². The standard InChI is InChI=1S/C38H30ClNO7/c1-21-14-23(15-22(2)35(21)45-20-25-6-4-5-7-32(25)39)19-40(3)36(43)24-8-11-29-28(16-24)37(44)47-38(29)30-12-9-26(41)17-33(30)46-34-18-27(42)10-13-31(34)38/h4-18,41-42H,19-20H2,1-3H3. The van der Waals surface area contributed by atoms with E-state index in [1.54, 1.807) is 42.3 Å². The first kappa shape index (κ1) is 30.2. The van der Waals surface area contributed by atoms with Crippen molar-refractivity contribution < 1.29 is 34.0 Å². The Morgan fingerprint density at radius 3 is 2.11 bits per heavy atom. The van der Waals surface area contributed by atoms with E-state index >= 15 is 0 Å². The molecule has 0 saturated heterocycles. The maximum Gasteiger partial charge on any atom is 0.340 e. The van der Waals surface area contributed by atoms with Gasteiger partial charge in [0.05, 0.1) is 5.56 Å². The van der Waals surface area contributed by atoms with Crippen LogP contribution in [0.15, 0.2) is 91.0 Å². The fourth-order valence-electron chi connectivity index (χ4n) is 6.53. The first-order valence-electron chi connectivity index (χ1n) is 15.0. The third-order valence-corrected chi connectivity index (χ3v) is 9.01. The molecule has 1 amide bonds. The third kappa shape index (κ3) is 5.11. The second kappa shape index (κ2) is 11.4. The number of rotatable bonds is 6. The molecule has 9 heteroatoms. The lowest BCUT2D eigenvalue weighted by atomic mass is 9.77. The van der Waals surface area contributed by atoms with Crippen molar-refractivity contribution in [2.75, 3.05) is 7.05 Å². The van der Waals surface area contributed by atoms with E-state index in [-0.39, 0.29) is 34.5 Å². The number of nitrogens with zero attached hydrogens (tertiary/aromatic N) is 1. The van der Waals surface area contributed by atoms with E-state index in [2.05, 4.69) is 0 Å². The molecule has 0 saturated carbocycles. The minimum atomic E-state index is -1.39. The predicted molar refractivity (Wildman–Crippen MR) is 176 cm³/mol. The van der Waals surface area contributed by atoms with E-state index in [0.29, 0.717) is 40.4 Å². The summed E-state index contributed by atoms with van der Waals surface area (Å²) in [5, 5.41) is 21.0. The molecule has 5 aromatic rings. The van der Waals surface area contributed by atoms with Crippen molar-refractivity contribution >= 4 is 23.5 Å². The van der Waals surface area contributed by atoms with Gasteiger partial charge >= 0.3 is 5.97 Å². The summed E-state index contributed by atoms with van der Waals surface area (Å²) in [7, 11) is 1.71. The summed E-state index contributed by atoms with van der Waals surface area (Å²) in [6.45, 7) is 4.62. The van der Waals surface area contributed by atoms with Crippen LogP contribution in [-0.4, -0.2) is 34.0 Å². The van der Waals surface area contributed by atoms with Gasteiger partial charge in [0.1, 0.15) is 35.4 Å². The molecule has 0 atom stereocenters. The van der Waals surface area contributed by atoms with Crippen molar-refractivity contribution in [3.63, 3.8) is 0 Å². The van der Waals surface area contributed by atoms with Crippen LogP contribution in [0.1, 0.15) is 59.7 Å². The number of amides is 1. The Morgan fingerprint density at radius 1 is 0.851 bits per heavy atom. The van der Waals surface area contributed by atoms with E-state index in [1.165, 1.54) is 24.3 Å². The molecule has 7 rings (SSSR count). The Hall–Kier alpha value is -5.47. The number of phenolic OH excluding ortho intramolecular Hbond substituents is 2. The van der Waals surface area contributed by atoms with Gasteiger partial charge in [-0.2, -0.15) is 0 Å². The molecule has 0 aliphatic carbocycles. The highest BCUT2D eigenvalue weighted by Gasteiger charge is 2.53. The number of aryl methyl sites for hydroxylation is 2. The van der Waals surface area contributed by atoms with Gasteiger partial charge in [0.2, 0.25) is 0 Å². The number of hydrogen-bond acceptors (Lipinski definition) is 7. The van der Waals surface area contributed by atoms with Gasteiger partial charge in [0.25, 0.3) is 5.91 Å². The molecule has 0 unspecified atom stereocenters. The van der Waals surface area contributed by atoms with E-state index in [0.717, 1.165) is 28.0 Å². The van der Waals surface area contributed by atoms with Crippen LogP contribution in [0.3, 0.4) is 0 Å². The van der Waals surface area contributed by atoms with Crippen molar-refractivity contribution in [2.45, 2.75) is 32.6 Å². The van der Waals surface area contributed by atoms with E-state index in [4.69, 9.17) is 25.8 Å². The third-order valence-electron chi connectivity index (χ3n) is 8.64. The number of hydrogen-bond donors (Lipinski definition) is 2. The normalized spacial score (nSPS) is 13.7. The quantitative estimate of drug-likeness (QED) is 0.181. The van der Waals surface area contributed by atoms with E-state index < -0.39 is 11.6 Å². The van der Waals surface area contributed by atoms with Crippen LogP contribution in [0.4, 0.5) is 0 Å². The average molecular weight is 648 g/mol. The monoisotopic (exact) mass is 647 g/mol. The van der Waals surface area contributed by atoms with Crippen molar-refractivity contribution in [2.24, 2.45) is 0 Å². The lowest BCUT2D eigenvalue weighted by molar-refractivity contribution is 0.0224. The minimum absolute atomic E-state index is 0.0271. The van der Waals surface area contributed by atoms with E-state index in [9.17, 15) is 19.8 Å². The molecule has 0 fully saturated rings. The van der Waals surface area contributed by atoms with Gasteiger partial charge in [-0.05, 0) is 73.0 Å². The Kier molecular flexibility index (Phi) is 7.33. The molecular formula is C38H30ClNO7. The summed E-state index contributed by atoms with van der Waals surface area (Å²) >= 11 is 6.30. The SMILES string of the molecule is Cc1cc(CN(C)C(=O)c2ccc3c(c2)C(=O)OC32c3ccc(O)cc3Oc3cc(O)ccc32)cc(C)c1OCc1ccccc1Cl. The van der Waals surface area contributed by atoms with Crippen LogP contribution in [0.2, 0.25) is 5.02 Å². The maximum atomic E-state index is 13.7. The average Bonchev–Trinajstić information content (AvgIpc) is 3.32. The van der Waals surface area contributed by atoms with Crippen molar-refractivity contribution in [1.29, 1.82) is 0 Å². The Balaban J connectivity index is 1.16. The summed E-state index contributed by atoms with van der Waals surface area (Å²) in [4.78, 5) is 28.8. The van der Waals surface area contributed by atoms with Crippen LogP contribution >= 0.6 is 11.6 Å². The van der Waals surface area contributed by atoms with Gasteiger partial charge in [0, 0.05) is 58.6 Å². The van der Waals surface area contributed by atoms with Crippen molar-refractivity contribution in [1.82, 2.24) is 4.90 Å². The zero-order valence-electron chi connectivity index (χ0n) is 25.8. The van der Waals surface area contributed by atoms with Gasteiger partial charge in [0.15, 0.2) is 5.60 Å². The number of halogens is 1. The molecule has 5 aromatic carbocycles. The summed E-state index contributed by atoms with van der Waals surface area (Å²) in [5.41, 5.74) is 4.46. The number of benzene rings is 5. The molecule has 0 radical (unpaired) electrons. The van der Waals surface area contributed by atoms with Crippen molar-refractivity contribution in [3.05, 3.63) is 146 Å². The smallest absolute Gasteiger partial charge is 0.340 e. The molecule has 0 bridgehead atoms. The number of phenols is 2. The summed E-state index contributed by atoms with van der Waals surface area (Å²) in [5.74, 6) is 0.426. The number of carbonyl (C=O) groups is 2. The first-order valence-corrected chi connectivity index (χ1v) is 15.4. The molecule has 47 heavy (non-hydrogen) atoms. The molecule has 0 aromatic heterocycles. The Morgan fingerprint density at radius 2 is 1.47 bits per heavy atom. The Labute approximate surface area is 276 Å². The number of esters is 1. The number of ether oxygens (including phenoxy) is 3.